The van der Waals surface area contributed by atoms with Crippen molar-refractivity contribution in [2.45, 2.75) is 31.8 Å². The van der Waals surface area contributed by atoms with Gasteiger partial charge in [0.15, 0.2) is 0 Å². The molecule has 0 fully saturated rings. The minimum atomic E-state index is -0.143. The van der Waals surface area contributed by atoms with Crippen molar-refractivity contribution in [3.63, 3.8) is 0 Å². The molecule has 0 spiro atoms. The van der Waals surface area contributed by atoms with Crippen LogP contribution in [0.3, 0.4) is 0 Å². The number of aryl methyl sites for hydroxylation is 1. The number of nitrogens with zero attached hydrogens (tertiary/aromatic N) is 4. The van der Waals surface area contributed by atoms with Crippen LogP contribution >= 0.6 is 23.4 Å². The van der Waals surface area contributed by atoms with E-state index >= 15 is 0 Å². The van der Waals surface area contributed by atoms with Crippen LogP contribution in [0.25, 0.3) is 5.69 Å². The molecule has 0 aliphatic heterocycles. The zero-order valence-corrected chi connectivity index (χ0v) is 16.9. The van der Waals surface area contributed by atoms with E-state index in [1.807, 2.05) is 25.1 Å². The fourth-order valence-electron chi connectivity index (χ4n) is 2.48. The molecule has 3 rings (SSSR count). The monoisotopic (exact) mass is 401 g/mol. The number of nitrogens with one attached hydrogen (secondary N) is 1. The molecule has 1 aromatic heterocycles. The lowest BCUT2D eigenvalue weighted by Crippen LogP contribution is -2.15. The second-order valence-electron chi connectivity index (χ2n) is 6.42. The molecule has 140 valence electrons. The van der Waals surface area contributed by atoms with Crippen LogP contribution in [-0.2, 0) is 4.79 Å². The lowest BCUT2D eigenvalue weighted by molar-refractivity contribution is -0.113. The Morgan fingerprint density at radius 2 is 1.96 bits per heavy atom. The topological polar surface area (TPSA) is 72.7 Å². The SMILES string of the molecule is Cc1ccc(Cl)cc1NC(=O)CSc1nnnn1-c1ccc(C(C)C)cc1. The van der Waals surface area contributed by atoms with Crippen LogP contribution in [0.15, 0.2) is 47.6 Å². The first-order valence-electron chi connectivity index (χ1n) is 8.51. The van der Waals surface area contributed by atoms with E-state index in [0.717, 1.165) is 11.3 Å². The maximum Gasteiger partial charge on any atom is 0.234 e. The first-order valence-corrected chi connectivity index (χ1v) is 9.88. The van der Waals surface area contributed by atoms with Crippen molar-refractivity contribution in [3.05, 3.63) is 58.6 Å². The number of anilines is 1. The summed E-state index contributed by atoms with van der Waals surface area (Å²) in [4.78, 5) is 12.3. The Kier molecular flexibility index (Phi) is 6.13. The van der Waals surface area contributed by atoms with E-state index < -0.39 is 0 Å². The van der Waals surface area contributed by atoms with Crippen LogP contribution < -0.4 is 5.32 Å². The summed E-state index contributed by atoms with van der Waals surface area (Å²) in [6.45, 7) is 6.21. The molecule has 0 saturated heterocycles. The van der Waals surface area contributed by atoms with Gasteiger partial charge in [-0.25, -0.2) is 0 Å². The molecule has 0 saturated carbocycles. The third kappa shape index (κ3) is 4.87. The van der Waals surface area contributed by atoms with E-state index in [1.165, 1.54) is 17.3 Å². The van der Waals surface area contributed by atoms with Gasteiger partial charge >= 0.3 is 0 Å². The number of rotatable bonds is 6. The number of carbonyl (C=O) groups is 1. The minimum Gasteiger partial charge on any atom is -0.325 e. The maximum absolute atomic E-state index is 12.3. The fourth-order valence-corrected chi connectivity index (χ4v) is 3.34. The van der Waals surface area contributed by atoms with Gasteiger partial charge in [0.1, 0.15) is 0 Å². The van der Waals surface area contributed by atoms with Crippen molar-refractivity contribution in [1.29, 1.82) is 0 Å². The molecule has 0 aliphatic carbocycles. The maximum atomic E-state index is 12.3. The number of benzene rings is 2. The van der Waals surface area contributed by atoms with Crippen molar-refractivity contribution in [3.8, 4) is 5.69 Å². The third-order valence-corrected chi connectivity index (χ3v) is 5.21. The highest BCUT2D eigenvalue weighted by molar-refractivity contribution is 7.99. The highest BCUT2D eigenvalue weighted by atomic mass is 35.5. The van der Waals surface area contributed by atoms with E-state index in [4.69, 9.17) is 11.6 Å². The van der Waals surface area contributed by atoms with Crippen molar-refractivity contribution < 1.29 is 4.79 Å². The largest absolute Gasteiger partial charge is 0.325 e. The van der Waals surface area contributed by atoms with E-state index in [0.29, 0.717) is 21.8 Å². The van der Waals surface area contributed by atoms with Crippen molar-refractivity contribution >= 4 is 35.0 Å². The van der Waals surface area contributed by atoms with Gasteiger partial charge in [0.25, 0.3) is 0 Å². The molecule has 1 N–H and O–H groups in total. The lowest BCUT2D eigenvalue weighted by Gasteiger charge is -2.09. The highest BCUT2D eigenvalue weighted by Gasteiger charge is 2.13. The van der Waals surface area contributed by atoms with Gasteiger partial charge in [0, 0.05) is 10.7 Å². The molecule has 1 heterocycles. The molecular formula is C19H20ClN5OS. The molecule has 0 aliphatic rings. The predicted molar refractivity (Wildman–Crippen MR) is 109 cm³/mol. The fraction of sp³-hybridized carbons (Fsp3) is 0.263. The summed E-state index contributed by atoms with van der Waals surface area (Å²) in [7, 11) is 0. The number of halogens is 1. The number of amides is 1. The minimum absolute atomic E-state index is 0.143. The van der Waals surface area contributed by atoms with Crippen LogP contribution in [-0.4, -0.2) is 31.9 Å². The highest BCUT2D eigenvalue weighted by Crippen LogP contribution is 2.23. The Morgan fingerprint density at radius 1 is 1.22 bits per heavy atom. The van der Waals surface area contributed by atoms with Gasteiger partial charge < -0.3 is 5.32 Å². The quantitative estimate of drug-likeness (QED) is 0.616. The summed E-state index contributed by atoms with van der Waals surface area (Å²) < 4.78 is 1.63. The third-order valence-electron chi connectivity index (χ3n) is 4.05. The molecule has 2 aromatic carbocycles. The Labute approximate surface area is 167 Å². The van der Waals surface area contributed by atoms with Gasteiger partial charge in [-0.3, -0.25) is 4.79 Å². The summed E-state index contributed by atoms with van der Waals surface area (Å²) >= 11 is 7.27. The number of tetrazole rings is 1. The summed E-state index contributed by atoms with van der Waals surface area (Å²) in [5.41, 5.74) is 3.76. The van der Waals surface area contributed by atoms with Gasteiger partial charge in [-0.1, -0.05) is 55.4 Å². The molecule has 27 heavy (non-hydrogen) atoms. The Balaban J connectivity index is 1.66. The van der Waals surface area contributed by atoms with Gasteiger partial charge in [0.2, 0.25) is 11.1 Å². The number of carbonyl (C=O) groups excluding carboxylic acids is 1. The lowest BCUT2D eigenvalue weighted by atomic mass is 10.0. The molecule has 0 radical (unpaired) electrons. The van der Waals surface area contributed by atoms with Gasteiger partial charge in [-0.15, -0.1) is 5.10 Å². The molecule has 8 heteroatoms. The first-order chi connectivity index (χ1) is 12.9. The smallest absolute Gasteiger partial charge is 0.234 e. The molecule has 0 atom stereocenters. The molecule has 0 unspecified atom stereocenters. The van der Waals surface area contributed by atoms with Gasteiger partial charge in [0.05, 0.1) is 11.4 Å². The average Bonchev–Trinajstić information content (AvgIpc) is 3.12. The Bertz CT molecular complexity index is 940. The van der Waals surface area contributed by atoms with Gasteiger partial charge in [-0.05, 0) is 58.7 Å². The summed E-state index contributed by atoms with van der Waals surface area (Å²) in [5, 5.41) is 15.8. The number of hydrogen-bond acceptors (Lipinski definition) is 5. The predicted octanol–water partition coefficient (Wildman–Crippen LogP) is 4.48. The Morgan fingerprint density at radius 3 is 2.67 bits per heavy atom. The second-order valence-corrected chi connectivity index (χ2v) is 7.79. The van der Waals surface area contributed by atoms with E-state index in [1.54, 1.807) is 16.8 Å². The summed E-state index contributed by atoms with van der Waals surface area (Å²) in [6, 6.07) is 13.5. The summed E-state index contributed by atoms with van der Waals surface area (Å²) in [6.07, 6.45) is 0. The molecular weight excluding hydrogens is 382 g/mol. The van der Waals surface area contributed by atoms with Crippen LogP contribution in [0.1, 0.15) is 30.9 Å². The molecule has 0 bridgehead atoms. The van der Waals surface area contributed by atoms with Crippen LogP contribution in [0.2, 0.25) is 5.02 Å². The van der Waals surface area contributed by atoms with E-state index in [9.17, 15) is 4.79 Å². The van der Waals surface area contributed by atoms with E-state index in [2.05, 4.69) is 46.8 Å². The normalized spacial score (nSPS) is 11.0. The molecule has 6 nitrogen and oxygen atoms in total. The van der Waals surface area contributed by atoms with Crippen molar-refractivity contribution in [2.24, 2.45) is 0 Å². The number of thioether (sulfide) groups is 1. The van der Waals surface area contributed by atoms with Crippen LogP contribution in [0, 0.1) is 6.92 Å². The number of hydrogen-bond donors (Lipinski definition) is 1. The Hall–Kier alpha value is -2.38. The zero-order valence-electron chi connectivity index (χ0n) is 15.3. The average molecular weight is 402 g/mol. The zero-order chi connectivity index (χ0) is 19.4. The summed E-state index contributed by atoms with van der Waals surface area (Å²) in [5.74, 6) is 0.506. The molecule has 1 amide bonds. The standard InChI is InChI=1S/C19H20ClN5OS/c1-12(2)14-5-8-16(9-6-14)25-19(22-23-24-25)27-11-18(26)21-17-10-15(20)7-4-13(17)3/h4-10,12H,11H2,1-3H3,(H,21,26). The van der Waals surface area contributed by atoms with Crippen LogP contribution in [0.4, 0.5) is 5.69 Å². The van der Waals surface area contributed by atoms with Crippen molar-refractivity contribution in [2.75, 3.05) is 11.1 Å². The van der Waals surface area contributed by atoms with Gasteiger partial charge in [-0.2, -0.15) is 4.68 Å². The first kappa shape index (κ1) is 19.4. The van der Waals surface area contributed by atoms with E-state index in [-0.39, 0.29) is 11.7 Å². The second kappa shape index (κ2) is 8.54. The molecule has 3 aromatic rings. The van der Waals surface area contributed by atoms with Crippen molar-refractivity contribution in [1.82, 2.24) is 20.2 Å². The van der Waals surface area contributed by atoms with Crippen LogP contribution in [0.5, 0.6) is 0 Å². The number of aromatic nitrogens is 4.